The third kappa shape index (κ3) is 2.49. The van der Waals surface area contributed by atoms with Gasteiger partial charge in [-0.15, -0.1) is 13.2 Å². The third-order valence-electron chi connectivity index (χ3n) is 2.99. The molecule has 88 valence electrons. The normalized spacial score (nSPS) is 24.2. The lowest BCUT2D eigenvalue weighted by atomic mass is 10.1. The van der Waals surface area contributed by atoms with Gasteiger partial charge < -0.3 is 4.74 Å². The molecule has 1 aliphatic carbocycles. The van der Waals surface area contributed by atoms with E-state index in [0.717, 1.165) is 12.8 Å². The summed E-state index contributed by atoms with van der Waals surface area (Å²) in [6.45, 7) is 2.05. The van der Waals surface area contributed by atoms with Crippen molar-refractivity contribution < 1.29 is 17.9 Å². The molecule has 0 N–H and O–H groups in total. The molecule has 0 amide bonds. The SMILES string of the molecule is CCC1CC1c1ccccc1OC(F)(F)F. The monoisotopic (exact) mass is 230 g/mol. The molecule has 0 aromatic heterocycles. The van der Waals surface area contributed by atoms with E-state index >= 15 is 0 Å². The van der Waals surface area contributed by atoms with Crippen LogP contribution >= 0.6 is 0 Å². The molecule has 0 spiro atoms. The van der Waals surface area contributed by atoms with Crippen molar-refractivity contribution in [1.29, 1.82) is 0 Å². The molecule has 2 rings (SSSR count). The van der Waals surface area contributed by atoms with E-state index in [0.29, 0.717) is 11.5 Å². The fraction of sp³-hybridized carbons (Fsp3) is 0.500. The third-order valence-corrected chi connectivity index (χ3v) is 2.99. The lowest BCUT2D eigenvalue weighted by Gasteiger charge is -2.12. The van der Waals surface area contributed by atoms with Crippen LogP contribution in [0.4, 0.5) is 13.2 Å². The topological polar surface area (TPSA) is 9.23 Å². The van der Waals surface area contributed by atoms with Crippen molar-refractivity contribution in [2.45, 2.75) is 32.0 Å². The molecule has 1 aliphatic rings. The summed E-state index contributed by atoms with van der Waals surface area (Å²) in [7, 11) is 0. The van der Waals surface area contributed by atoms with E-state index in [9.17, 15) is 13.2 Å². The van der Waals surface area contributed by atoms with E-state index < -0.39 is 6.36 Å². The molecule has 2 unspecified atom stereocenters. The smallest absolute Gasteiger partial charge is 0.405 e. The number of ether oxygens (including phenoxy) is 1. The Morgan fingerprint density at radius 2 is 2.00 bits per heavy atom. The Kier molecular flexibility index (Phi) is 2.82. The second-order valence-corrected chi connectivity index (χ2v) is 4.10. The highest BCUT2D eigenvalue weighted by Crippen LogP contribution is 2.52. The average molecular weight is 230 g/mol. The second-order valence-electron chi connectivity index (χ2n) is 4.10. The molecule has 0 bridgehead atoms. The summed E-state index contributed by atoms with van der Waals surface area (Å²) in [6.07, 6.45) is -2.63. The van der Waals surface area contributed by atoms with E-state index in [1.54, 1.807) is 18.2 Å². The molecular weight excluding hydrogens is 217 g/mol. The van der Waals surface area contributed by atoms with Gasteiger partial charge in [-0.2, -0.15) is 0 Å². The van der Waals surface area contributed by atoms with Gasteiger partial charge in [0.1, 0.15) is 5.75 Å². The van der Waals surface area contributed by atoms with Gasteiger partial charge >= 0.3 is 6.36 Å². The van der Waals surface area contributed by atoms with Gasteiger partial charge in [-0.1, -0.05) is 31.5 Å². The summed E-state index contributed by atoms with van der Waals surface area (Å²) in [5.41, 5.74) is 0.687. The first-order valence-corrected chi connectivity index (χ1v) is 5.36. The van der Waals surface area contributed by atoms with Gasteiger partial charge in [-0.05, 0) is 29.9 Å². The van der Waals surface area contributed by atoms with Crippen molar-refractivity contribution in [3.63, 3.8) is 0 Å². The summed E-state index contributed by atoms with van der Waals surface area (Å²) in [5.74, 6) is 0.706. The summed E-state index contributed by atoms with van der Waals surface area (Å²) >= 11 is 0. The average Bonchev–Trinajstić information content (AvgIpc) is 2.95. The first-order chi connectivity index (χ1) is 7.51. The lowest BCUT2D eigenvalue weighted by Crippen LogP contribution is -2.18. The summed E-state index contributed by atoms with van der Waals surface area (Å²) in [4.78, 5) is 0. The zero-order chi connectivity index (χ0) is 11.8. The van der Waals surface area contributed by atoms with Crippen LogP contribution < -0.4 is 4.74 Å². The van der Waals surface area contributed by atoms with Gasteiger partial charge in [0.2, 0.25) is 0 Å². The van der Waals surface area contributed by atoms with E-state index in [-0.39, 0.29) is 11.7 Å². The standard InChI is InChI=1S/C12H13F3O/c1-2-8-7-10(8)9-5-3-4-6-11(9)16-12(13,14)15/h3-6,8,10H,2,7H2,1H3. The van der Waals surface area contributed by atoms with Crippen LogP contribution in [0.15, 0.2) is 24.3 Å². The lowest BCUT2D eigenvalue weighted by molar-refractivity contribution is -0.274. The number of para-hydroxylation sites is 1. The molecule has 0 heterocycles. The molecule has 0 radical (unpaired) electrons. The maximum absolute atomic E-state index is 12.2. The van der Waals surface area contributed by atoms with Crippen molar-refractivity contribution in [1.82, 2.24) is 0 Å². The van der Waals surface area contributed by atoms with Crippen LogP contribution in [0.25, 0.3) is 0 Å². The van der Waals surface area contributed by atoms with Crippen molar-refractivity contribution in [3.05, 3.63) is 29.8 Å². The summed E-state index contributed by atoms with van der Waals surface area (Å²) < 4.78 is 40.5. The van der Waals surface area contributed by atoms with Gasteiger partial charge in [0.05, 0.1) is 0 Å². The molecule has 1 nitrogen and oxygen atoms in total. The highest BCUT2D eigenvalue weighted by Gasteiger charge is 2.40. The van der Waals surface area contributed by atoms with Crippen LogP contribution in [-0.2, 0) is 0 Å². The Balaban J connectivity index is 2.19. The molecule has 16 heavy (non-hydrogen) atoms. The van der Waals surface area contributed by atoms with E-state index in [2.05, 4.69) is 11.7 Å². The molecule has 4 heteroatoms. The van der Waals surface area contributed by atoms with E-state index in [1.165, 1.54) is 6.07 Å². The van der Waals surface area contributed by atoms with Crippen molar-refractivity contribution in [2.75, 3.05) is 0 Å². The van der Waals surface area contributed by atoms with Crippen LogP contribution in [0.3, 0.4) is 0 Å². The Hall–Kier alpha value is -1.19. The van der Waals surface area contributed by atoms with Crippen LogP contribution in [0.2, 0.25) is 0 Å². The number of hydrogen-bond donors (Lipinski definition) is 0. The van der Waals surface area contributed by atoms with Crippen LogP contribution in [0.1, 0.15) is 31.2 Å². The Morgan fingerprint density at radius 1 is 1.31 bits per heavy atom. The van der Waals surface area contributed by atoms with E-state index in [1.807, 2.05) is 0 Å². The first kappa shape index (κ1) is 11.3. The van der Waals surface area contributed by atoms with Crippen molar-refractivity contribution in [3.8, 4) is 5.75 Å². The molecule has 1 aromatic carbocycles. The van der Waals surface area contributed by atoms with Crippen LogP contribution in [-0.4, -0.2) is 6.36 Å². The fourth-order valence-corrected chi connectivity index (χ4v) is 2.08. The Morgan fingerprint density at radius 3 is 2.56 bits per heavy atom. The minimum Gasteiger partial charge on any atom is -0.405 e. The predicted molar refractivity (Wildman–Crippen MR) is 54.3 cm³/mol. The molecule has 0 saturated heterocycles. The molecule has 1 fully saturated rings. The van der Waals surface area contributed by atoms with Crippen molar-refractivity contribution in [2.24, 2.45) is 5.92 Å². The molecule has 0 aliphatic heterocycles. The first-order valence-electron chi connectivity index (χ1n) is 5.36. The molecular formula is C12H13F3O. The Bertz CT molecular complexity index is 373. The molecule has 2 atom stereocenters. The predicted octanol–water partition coefficient (Wildman–Crippen LogP) is 4.10. The van der Waals surface area contributed by atoms with Crippen molar-refractivity contribution >= 4 is 0 Å². The molecule has 1 aromatic rings. The maximum atomic E-state index is 12.2. The highest BCUT2D eigenvalue weighted by atomic mass is 19.4. The van der Waals surface area contributed by atoms with E-state index in [4.69, 9.17) is 0 Å². The minimum atomic E-state index is -4.60. The Labute approximate surface area is 92.2 Å². The fourth-order valence-electron chi connectivity index (χ4n) is 2.08. The minimum absolute atomic E-state index is 0.0454. The zero-order valence-corrected chi connectivity index (χ0v) is 8.92. The second kappa shape index (κ2) is 4.00. The van der Waals surface area contributed by atoms with Gasteiger partial charge in [0.15, 0.2) is 0 Å². The number of hydrogen-bond acceptors (Lipinski definition) is 1. The highest BCUT2D eigenvalue weighted by molar-refractivity contribution is 5.39. The van der Waals surface area contributed by atoms with Gasteiger partial charge in [0, 0.05) is 0 Å². The summed E-state index contributed by atoms with van der Waals surface area (Å²) in [6, 6.07) is 6.42. The largest absolute Gasteiger partial charge is 0.573 e. The number of benzene rings is 1. The zero-order valence-electron chi connectivity index (χ0n) is 8.92. The van der Waals surface area contributed by atoms with Gasteiger partial charge in [0.25, 0.3) is 0 Å². The number of alkyl halides is 3. The van der Waals surface area contributed by atoms with Crippen LogP contribution in [0, 0.1) is 5.92 Å². The molecule has 1 saturated carbocycles. The number of halogens is 3. The maximum Gasteiger partial charge on any atom is 0.573 e. The number of rotatable bonds is 3. The van der Waals surface area contributed by atoms with Gasteiger partial charge in [-0.3, -0.25) is 0 Å². The van der Waals surface area contributed by atoms with Crippen LogP contribution in [0.5, 0.6) is 5.75 Å². The summed E-state index contributed by atoms with van der Waals surface area (Å²) in [5, 5.41) is 0. The van der Waals surface area contributed by atoms with Gasteiger partial charge in [-0.25, -0.2) is 0 Å². The quantitative estimate of drug-likeness (QED) is 0.759.